The molecule has 19 heavy (non-hydrogen) atoms. The van der Waals surface area contributed by atoms with Crippen LogP contribution in [0.15, 0.2) is 0 Å². The van der Waals surface area contributed by atoms with Crippen molar-refractivity contribution < 1.29 is 9.90 Å². The largest absolute Gasteiger partial charge is 0.480 e. The number of nitrogens with one attached hydrogen (secondary N) is 1. The first kappa shape index (κ1) is 14.8. The van der Waals surface area contributed by atoms with Gasteiger partial charge in [0.25, 0.3) is 0 Å². The molecule has 2 rings (SSSR count). The third kappa shape index (κ3) is 3.11. The first-order chi connectivity index (χ1) is 9.00. The summed E-state index contributed by atoms with van der Waals surface area (Å²) in [5.74, 6) is 0.164. The summed E-state index contributed by atoms with van der Waals surface area (Å²) in [6.45, 7) is 5.01. The Hall–Kier alpha value is -0.610. The maximum Gasteiger partial charge on any atom is 0.323 e. The van der Waals surface area contributed by atoms with Crippen molar-refractivity contribution in [2.45, 2.75) is 70.0 Å². The number of carboxylic acids is 1. The van der Waals surface area contributed by atoms with Crippen molar-refractivity contribution >= 4 is 5.97 Å². The number of hydrogen-bond donors (Lipinski definition) is 2. The summed E-state index contributed by atoms with van der Waals surface area (Å²) in [6, 6.07) is 0.996. The molecule has 2 aliphatic carbocycles. The molecule has 2 fully saturated rings. The zero-order chi connectivity index (χ0) is 14.0. The van der Waals surface area contributed by atoms with Crippen molar-refractivity contribution in [1.82, 2.24) is 10.2 Å². The average molecular weight is 268 g/mol. The van der Waals surface area contributed by atoms with E-state index < -0.39 is 11.5 Å². The van der Waals surface area contributed by atoms with Crippen LogP contribution in [0, 0.1) is 5.92 Å². The van der Waals surface area contributed by atoms with E-state index in [4.69, 9.17) is 0 Å². The van der Waals surface area contributed by atoms with Gasteiger partial charge in [-0.3, -0.25) is 4.79 Å². The van der Waals surface area contributed by atoms with E-state index >= 15 is 0 Å². The van der Waals surface area contributed by atoms with Gasteiger partial charge in [0.2, 0.25) is 0 Å². The zero-order valence-corrected chi connectivity index (χ0v) is 12.5. The Morgan fingerprint density at radius 3 is 2.68 bits per heavy atom. The molecule has 0 heterocycles. The van der Waals surface area contributed by atoms with Gasteiger partial charge in [-0.2, -0.15) is 0 Å². The molecule has 3 atom stereocenters. The summed E-state index contributed by atoms with van der Waals surface area (Å²) in [5.41, 5.74) is -0.699. The van der Waals surface area contributed by atoms with Crippen LogP contribution in [0.3, 0.4) is 0 Å². The topological polar surface area (TPSA) is 52.6 Å². The Kier molecular flexibility index (Phi) is 4.51. The summed E-state index contributed by atoms with van der Waals surface area (Å²) >= 11 is 0. The number of rotatable bonds is 6. The monoisotopic (exact) mass is 268 g/mol. The second kappa shape index (κ2) is 5.80. The third-order valence-electron chi connectivity index (χ3n) is 5.17. The SMILES string of the molecule is CCNC1(C(=O)O)CCCC(N(C)C(C)C2CC2)C1. The van der Waals surface area contributed by atoms with E-state index in [2.05, 4.69) is 24.2 Å². The molecule has 3 unspecified atom stereocenters. The highest BCUT2D eigenvalue weighted by molar-refractivity contribution is 5.79. The molecule has 4 heteroatoms. The van der Waals surface area contributed by atoms with Gasteiger partial charge in [-0.1, -0.05) is 6.92 Å². The first-order valence-electron chi connectivity index (χ1n) is 7.70. The number of likely N-dealkylation sites (N-methyl/N-ethyl adjacent to an activating group) is 1. The van der Waals surface area contributed by atoms with Crippen LogP contribution in [0.4, 0.5) is 0 Å². The van der Waals surface area contributed by atoms with E-state index in [9.17, 15) is 9.90 Å². The summed E-state index contributed by atoms with van der Waals surface area (Å²) in [5, 5.41) is 12.8. The number of aliphatic carboxylic acids is 1. The van der Waals surface area contributed by atoms with Gasteiger partial charge >= 0.3 is 5.97 Å². The lowest BCUT2D eigenvalue weighted by Crippen LogP contribution is -2.58. The van der Waals surface area contributed by atoms with Gasteiger partial charge in [0.1, 0.15) is 5.54 Å². The summed E-state index contributed by atoms with van der Waals surface area (Å²) in [7, 11) is 2.18. The molecule has 0 aliphatic heterocycles. The minimum atomic E-state index is -0.699. The molecule has 0 aromatic carbocycles. The second-order valence-corrected chi connectivity index (χ2v) is 6.41. The number of hydrogen-bond acceptors (Lipinski definition) is 3. The highest BCUT2D eigenvalue weighted by atomic mass is 16.4. The van der Waals surface area contributed by atoms with Crippen LogP contribution in [0.5, 0.6) is 0 Å². The van der Waals surface area contributed by atoms with Gasteiger partial charge in [0.05, 0.1) is 0 Å². The fourth-order valence-electron chi connectivity index (χ4n) is 3.61. The Morgan fingerprint density at radius 1 is 1.47 bits per heavy atom. The molecule has 0 spiro atoms. The zero-order valence-electron chi connectivity index (χ0n) is 12.5. The molecule has 2 saturated carbocycles. The van der Waals surface area contributed by atoms with E-state index in [-0.39, 0.29) is 0 Å². The van der Waals surface area contributed by atoms with Gasteiger partial charge in [0, 0.05) is 12.1 Å². The number of carbonyl (C=O) groups is 1. The van der Waals surface area contributed by atoms with Crippen LogP contribution in [0.2, 0.25) is 0 Å². The van der Waals surface area contributed by atoms with E-state index in [1.165, 1.54) is 12.8 Å². The summed E-state index contributed by atoms with van der Waals surface area (Å²) < 4.78 is 0. The van der Waals surface area contributed by atoms with Crippen molar-refractivity contribution in [1.29, 1.82) is 0 Å². The van der Waals surface area contributed by atoms with Crippen LogP contribution < -0.4 is 5.32 Å². The second-order valence-electron chi connectivity index (χ2n) is 6.41. The Bertz CT molecular complexity index is 326. The van der Waals surface area contributed by atoms with E-state index in [1.54, 1.807) is 0 Å². The number of nitrogens with zero attached hydrogens (tertiary/aromatic N) is 1. The summed E-state index contributed by atoms with van der Waals surface area (Å²) in [4.78, 5) is 14.1. The van der Waals surface area contributed by atoms with Crippen LogP contribution in [0.25, 0.3) is 0 Å². The Balaban J connectivity index is 2.03. The molecule has 0 bridgehead atoms. The predicted octanol–water partition coefficient (Wildman–Crippen LogP) is 2.09. The molecule has 4 nitrogen and oxygen atoms in total. The fourth-order valence-corrected chi connectivity index (χ4v) is 3.61. The first-order valence-corrected chi connectivity index (χ1v) is 7.70. The highest BCUT2D eigenvalue weighted by Gasteiger charge is 2.44. The van der Waals surface area contributed by atoms with Gasteiger partial charge in [-0.25, -0.2) is 0 Å². The lowest BCUT2D eigenvalue weighted by atomic mass is 9.78. The van der Waals surface area contributed by atoms with Crippen LogP contribution >= 0.6 is 0 Å². The number of carboxylic acid groups (broad SMARTS) is 1. The van der Waals surface area contributed by atoms with Crippen molar-refractivity contribution in [2.24, 2.45) is 5.92 Å². The highest BCUT2D eigenvalue weighted by Crippen LogP contribution is 2.38. The van der Waals surface area contributed by atoms with Crippen molar-refractivity contribution in [2.75, 3.05) is 13.6 Å². The molecule has 2 N–H and O–H groups in total. The lowest BCUT2D eigenvalue weighted by molar-refractivity contribution is -0.147. The maximum absolute atomic E-state index is 11.7. The van der Waals surface area contributed by atoms with Crippen LogP contribution in [0.1, 0.15) is 52.4 Å². The molecular formula is C15H28N2O2. The summed E-state index contributed by atoms with van der Waals surface area (Å²) in [6.07, 6.45) is 6.33. The molecule has 0 saturated heterocycles. The molecule has 0 aromatic heterocycles. The molecule has 2 aliphatic rings. The third-order valence-corrected chi connectivity index (χ3v) is 5.17. The van der Waals surface area contributed by atoms with E-state index in [0.717, 1.165) is 38.1 Å². The van der Waals surface area contributed by atoms with E-state index in [0.29, 0.717) is 12.1 Å². The molecule has 0 radical (unpaired) electrons. The molecule has 0 amide bonds. The minimum Gasteiger partial charge on any atom is -0.480 e. The van der Waals surface area contributed by atoms with Crippen LogP contribution in [-0.4, -0.2) is 47.2 Å². The van der Waals surface area contributed by atoms with E-state index in [1.807, 2.05) is 6.92 Å². The van der Waals surface area contributed by atoms with Gasteiger partial charge in [-0.15, -0.1) is 0 Å². The standard InChI is InChI=1S/C15H28N2O2/c1-4-16-15(14(18)19)9-5-6-13(10-15)17(3)11(2)12-7-8-12/h11-13,16H,4-10H2,1-3H3,(H,18,19). The van der Waals surface area contributed by atoms with Gasteiger partial charge in [0.15, 0.2) is 0 Å². The molecular weight excluding hydrogens is 240 g/mol. The predicted molar refractivity (Wildman–Crippen MR) is 76.2 cm³/mol. The Morgan fingerprint density at radius 2 is 2.16 bits per heavy atom. The van der Waals surface area contributed by atoms with Gasteiger partial charge in [-0.05, 0) is 65.0 Å². The van der Waals surface area contributed by atoms with Crippen molar-refractivity contribution in [3.05, 3.63) is 0 Å². The lowest BCUT2D eigenvalue weighted by Gasteiger charge is -2.43. The van der Waals surface area contributed by atoms with Crippen LogP contribution in [-0.2, 0) is 4.79 Å². The smallest absolute Gasteiger partial charge is 0.323 e. The fraction of sp³-hybridized carbons (Fsp3) is 0.933. The van der Waals surface area contributed by atoms with Crippen molar-refractivity contribution in [3.63, 3.8) is 0 Å². The van der Waals surface area contributed by atoms with Crippen molar-refractivity contribution in [3.8, 4) is 0 Å². The Labute approximate surface area is 116 Å². The minimum absolute atomic E-state index is 0.402. The molecule has 0 aromatic rings. The maximum atomic E-state index is 11.7. The average Bonchev–Trinajstić information content (AvgIpc) is 3.22. The molecule has 110 valence electrons. The normalized spacial score (nSPS) is 33.4. The quantitative estimate of drug-likeness (QED) is 0.774. The van der Waals surface area contributed by atoms with Gasteiger partial charge < -0.3 is 15.3 Å².